The zero-order valence-corrected chi connectivity index (χ0v) is 35.6. The van der Waals surface area contributed by atoms with Crippen molar-refractivity contribution in [1.82, 2.24) is 51.9 Å². The van der Waals surface area contributed by atoms with Crippen LogP contribution in [0.5, 0.6) is 0 Å². The van der Waals surface area contributed by atoms with Gasteiger partial charge in [-0.15, -0.1) is 32.8 Å². The number of benzene rings is 2. The zero-order chi connectivity index (χ0) is 36.7. The van der Waals surface area contributed by atoms with E-state index >= 15 is 0 Å². The molecule has 0 saturated heterocycles. The molecule has 52 heavy (non-hydrogen) atoms. The minimum atomic E-state index is -0.574. The summed E-state index contributed by atoms with van der Waals surface area (Å²) in [5.41, 5.74) is 12.6. The van der Waals surface area contributed by atoms with E-state index in [1.807, 2.05) is 60.7 Å². The number of aromatic nitrogens is 8. The Morgan fingerprint density at radius 2 is 1.29 bits per heavy atom. The molecule has 3 radical (unpaired) electrons. The standard InChI is InChI=1S/C10H11N5O2.C10H10N2O2.C2H5N5.CH4.B.2BrH.ClH.2F2.H3N3.Na.Zn.H2/c16-10(11-6-9-12-14-15-13-9)17-7-8-4-2-1-3-5-8;11-6-7-12-10(13)14-8-9-4-2-1-3-5-9;3-1-2-4-6-7-5-2;;;;;;2*1-2;1-3-2;;;/h1-5H,6-7H2,(H,11,16)(H,12,13,14,15);1-5H,7-8H2,(H,12,13);1,3H2,(H,4,5,6,7);1H4;;3*1H;;;3H,(H2-,1,2);;;1H/q;;;;;;;;;;;+1;+2;/p-2. The number of hydrogen-bond acceptors (Lipinski definition) is 13. The number of carbonyl (C=O) groups is 2. The summed E-state index contributed by atoms with van der Waals surface area (Å²) in [6.45, 7) is 0.950. The molecule has 0 spiro atoms. The average Bonchev–Trinajstić information content (AvgIpc) is 3.87. The first-order valence-electron chi connectivity index (χ1n) is 12.3. The number of nitrogens with one attached hydrogen (secondary N) is 7. The molecule has 2 aromatic heterocycles. The van der Waals surface area contributed by atoms with Crippen LogP contribution in [0, 0.1) is 16.9 Å². The minimum Gasteiger partial charge on any atom is 0 e. The second kappa shape index (κ2) is 52.0. The molecule has 19 nitrogen and oxygen atoms in total. The second-order valence-corrected chi connectivity index (χ2v) is 21.1. The van der Waals surface area contributed by atoms with E-state index in [4.69, 9.17) is 50.1 Å². The Hall–Kier alpha value is -3.37. The maximum Gasteiger partial charge on any atom is 1.00 e. The van der Waals surface area contributed by atoms with E-state index in [0.717, 1.165) is 11.1 Å². The number of rotatable bonds is 8. The van der Waals surface area contributed by atoms with Crippen LogP contribution in [0.1, 0.15) is 31.6 Å². The minimum absolute atomic E-state index is 0. The predicted molar refractivity (Wildman–Crippen MR) is 182 cm³/mol. The number of aromatic amines is 2. The van der Waals surface area contributed by atoms with E-state index in [-0.39, 0.29) is 98.7 Å². The summed E-state index contributed by atoms with van der Waals surface area (Å²) in [6.07, 6.45) is -1.09. The van der Waals surface area contributed by atoms with Crippen LogP contribution in [0.3, 0.4) is 0 Å². The fourth-order valence-electron chi connectivity index (χ4n) is 2.34. The summed E-state index contributed by atoms with van der Waals surface area (Å²) < 4.78 is 41.8. The molecular weight excluding hydrogens is 921 g/mol. The Morgan fingerprint density at radius 1 is 0.923 bits per heavy atom. The number of tetrazole rings is 2. The molecule has 0 aliphatic rings. The SMILES string of the molecule is C.Cl.FF.FF.N#CCNC(=O)OCc1ccccc1.N=[NH+][NH-].NCc1nn[nH]n1.O=C(NCc1nn[nH]n1)OCc1ccccc1.[B].[Br][Zn][Br].[HH].[Na+]. The van der Waals surface area contributed by atoms with Crippen molar-refractivity contribution in [2.75, 3.05) is 6.54 Å². The molecular formula is C23H36BBr2ClF4N15NaO4Zn+. The van der Waals surface area contributed by atoms with Gasteiger partial charge >= 0.3 is 82.2 Å². The van der Waals surface area contributed by atoms with E-state index in [1.165, 1.54) is 5.22 Å². The summed E-state index contributed by atoms with van der Waals surface area (Å²) in [7, 11) is 0. The normalized spacial score (nSPS) is 7.50. The molecule has 4 rings (SSSR count). The summed E-state index contributed by atoms with van der Waals surface area (Å²) in [5, 5.41) is 39.9. The summed E-state index contributed by atoms with van der Waals surface area (Å²) in [4.78, 5) is 22.2. The molecule has 0 saturated carbocycles. The number of alkyl carbamates (subject to hydrolysis) is 2. The molecule has 0 unspecified atom stereocenters. The van der Waals surface area contributed by atoms with Crippen molar-refractivity contribution in [2.24, 2.45) is 5.73 Å². The Kier molecular flexibility index (Phi) is 63.6. The number of hydrogen-bond donors (Lipinski definition) is 7. The van der Waals surface area contributed by atoms with E-state index in [0.29, 0.717) is 18.2 Å². The van der Waals surface area contributed by atoms with E-state index in [1.54, 1.807) is 6.07 Å². The number of nitrogens with zero attached hydrogens (tertiary/aromatic N) is 7. The molecule has 4 aromatic rings. The van der Waals surface area contributed by atoms with Gasteiger partial charge in [0, 0.05) is 28.1 Å². The van der Waals surface area contributed by atoms with Crippen molar-refractivity contribution in [3.8, 4) is 6.07 Å². The monoisotopic (exact) mass is 953 g/mol. The van der Waals surface area contributed by atoms with Gasteiger partial charge in [-0.05, 0) is 11.1 Å². The van der Waals surface area contributed by atoms with Gasteiger partial charge < -0.3 is 25.8 Å². The molecule has 0 fully saturated rings. The molecule has 29 heteroatoms. The van der Waals surface area contributed by atoms with Crippen molar-refractivity contribution in [1.29, 1.82) is 10.8 Å². The molecule has 281 valence electrons. The van der Waals surface area contributed by atoms with Gasteiger partial charge in [0.15, 0.2) is 11.6 Å². The van der Waals surface area contributed by atoms with Crippen LogP contribution in [0.25, 0.3) is 5.84 Å². The third-order valence-corrected chi connectivity index (χ3v) is 4.09. The zero-order valence-electron chi connectivity index (χ0n) is 26.6. The molecule has 0 aliphatic heterocycles. The van der Waals surface area contributed by atoms with Gasteiger partial charge in [-0.1, -0.05) is 78.5 Å². The van der Waals surface area contributed by atoms with Crippen LogP contribution < -0.4 is 51.1 Å². The summed E-state index contributed by atoms with van der Waals surface area (Å²) in [5.74, 6) is 6.57. The third-order valence-electron chi connectivity index (χ3n) is 4.09. The van der Waals surface area contributed by atoms with Gasteiger partial charge in [0.25, 0.3) is 0 Å². The number of nitrogens with two attached hydrogens (primary N) is 1. The van der Waals surface area contributed by atoms with Crippen molar-refractivity contribution in [3.05, 3.63) is 89.3 Å². The quantitative estimate of drug-likeness (QED) is 0.0430. The number of H-pyrrole nitrogens is 2. The van der Waals surface area contributed by atoms with E-state index in [9.17, 15) is 9.59 Å². The molecule has 0 atom stereocenters. The van der Waals surface area contributed by atoms with Crippen molar-refractivity contribution < 1.29 is 86.8 Å². The topological polar surface area (TPSA) is 297 Å². The fourth-order valence-corrected chi connectivity index (χ4v) is 2.34. The first kappa shape index (κ1) is 63.7. The number of nitriles is 1. The molecule has 2 aromatic carbocycles. The summed E-state index contributed by atoms with van der Waals surface area (Å²) >= 11 is 6.25. The maximum atomic E-state index is 11.3. The first-order valence-corrected chi connectivity index (χ1v) is 26.2. The Labute approximate surface area is 348 Å². The van der Waals surface area contributed by atoms with Crippen LogP contribution in [0.4, 0.5) is 27.9 Å². The maximum absolute atomic E-state index is 11.3. The van der Waals surface area contributed by atoms with Gasteiger partial charge in [-0.25, -0.2) is 21.0 Å². The van der Waals surface area contributed by atoms with Gasteiger partial charge in [-0.2, -0.15) is 20.9 Å². The van der Waals surface area contributed by atoms with Crippen molar-refractivity contribution in [2.45, 2.75) is 33.7 Å². The number of carbonyl (C=O) groups excluding carboxylic acids is 2. The fraction of sp³-hybridized carbons (Fsp3) is 0.261. The van der Waals surface area contributed by atoms with Crippen LogP contribution in [-0.4, -0.2) is 68.4 Å². The van der Waals surface area contributed by atoms with Gasteiger partial charge in [0.05, 0.1) is 19.2 Å². The number of ether oxygens (including phenoxy) is 2. The van der Waals surface area contributed by atoms with Gasteiger partial charge in [-0.3, -0.25) is 0 Å². The molecule has 0 aliphatic carbocycles. The molecule has 2 amide bonds. The smallest absolute Gasteiger partial charge is 0 e. The Bertz CT molecular complexity index is 1340. The van der Waals surface area contributed by atoms with E-state index < -0.39 is 12.2 Å². The van der Waals surface area contributed by atoms with Gasteiger partial charge in [0.1, 0.15) is 19.8 Å². The van der Waals surface area contributed by atoms with Crippen LogP contribution in [0.2, 0.25) is 0 Å². The largest absolute Gasteiger partial charge is 1.00 e. The average molecular weight is 957 g/mol. The summed E-state index contributed by atoms with van der Waals surface area (Å²) in [6, 6.07) is 20.6. The van der Waals surface area contributed by atoms with Crippen LogP contribution >= 0.6 is 39.7 Å². The number of amides is 2. The Morgan fingerprint density at radius 3 is 1.60 bits per heavy atom. The first-order chi connectivity index (χ1) is 23.4. The second-order valence-electron chi connectivity index (χ2n) is 7.07. The predicted octanol–water partition coefficient (Wildman–Crippen LogP) is 1.08. The molecule has 0 bridgehead atoms. The molecule has 9 N–H and O–H groups in total. The Balaban J connectivity index is -0.0000000848. The third kappa shape index (κ3) is 42.8. The van der Waals surface area contributed by atoms with E-state index in [2.05, 4.69) is 79.1 Å². The van der Waals surface area contributed by atoms with Gasteiger partial charge in [0.2, 0.25) is 0 Å². The van der Waals surface area contributed by atoms with Crippen molar-refractivity contribution >= 4 is 60.3 Å². The number of halogens is 7. The molecule has 2 heterocycles. The van der Waals surface area contributed by atoms with Crippen LogP contribution in [-0.2, 0) is 49.0 Å². The van der Waals surface area contributed by atoms with Crippen molar-refractivity contribution in [3.63, 3.8) is 0 Å². The van der Waals surface area contributed by atoms with Crippen LogP contribution in [0.15, 0.2) is 60.7 Å².